The molecule has 0 bridgehead atoms. The molecular weight excluding hydrogens is 436 g/mol. The van der Waals surface area contributed by atoms with Crippen molar-refractivity contribution in [3.05, 3.63) is 42.2 Å². The van der Waals surface area contributed by atoms with Gasteiger partial charge in [-0.25, -0.2) is 4.98 Å². The molecule has 0 spiro atoms. The van der Waals surface area contributed by atoms with Gasteiger partial charge in [-0.05, 0) is 37.4 Å². The smallest absolute Gasteiger partial charge is 0.224 e. The summed E-state index contributed by atoms with van der Waals surface area (Å²) in [7, 11) is 2.21. The number of rotatable bonds is 8. The molecule has 5 rings (SSSR count). The maximum Gasteiger partial charge on any atom is 0.224 e. The number of piperazine rings is 1. The lowest BCUT2D eigenvalue weighted by atomic mass is 9.95. The van der Waals surface area contributed by atoms with Gasteiger partial charge in [0.1, 0.15) is 5.65 Å². The van der Waals surface area contributed by atoms with E-state index < -0.39 is 0 Å². The Balaban J connectivity index is 0.00000160. The fraction of sp³-hybridized carbons (Fsp3) is 0.571. The first kappa shape index (κ1) is 25.6. The Bertz CT molecular complexity index is 1080. The van der Waals surface area contributed by atoms with E-state index in [1.807, 2.05) is 6.20 Å². The fourth-order valence-corrected chi connectivity index (χ4v) is 5.41. The van der Waals surface area contributed by atoms with E-state index in [2.05, 4.69) is 69.1 Å². The van der Waals surface area contributed by atoms with Crippen LogP contribution in [0.2, 0.25) is 0 Å². The quantitative estimate of drug-likeness (QED) is 0.445. The first-order valence-electron chi connectivity index (χ1n) is 13.3. The summed E-state index contributed by atoms with van der Waals surface area (Å²) in [5, 5.41) is 4.59. The van der Waals surface area contributed by atoms with Crippen LogP contribution in [-0.2, 0) is 6.54 Å². The molecule has 1 aliphatic heterocycles. The molecule has 0 radical (unpaired) electrons. The van der Waals surface area contributed by atoms with E-state index in [0.717, 1.165) is 57.3 Å². The molecule has 194 valence electrons. The Morgan fingerprint density at radius 3 is 2.49 bits per heavy atom. The van der Waals surface area contributed by atoms with Gasteiger partial charge in [-0.15, -0.1) is 0 Å². The number of nitrogens with zero attached hydrogens (tertiary/aromatic N) is 5. The molecule has 1 saturated carbocycles. The largest absolute Gasteiger partial charge is 0.412 e. The van der Waals surface area contributed by atoms with Crippen LogP contribution in [0.5, 0.6) is 0 Å². The Kier molecular flexibility index (Phi) is 8.76. The van der Waals surface area contributed by atoms with Crippen molar-refractivity contribution >= 4 is 17.0 Å². The standard InChI is InChI=1S/C28H40N6.H2O.2H2/c1-3-4-14-29-28-30-19-25-26(21-34(27(25)31-28)24-8-6-5-7-9-24)23-12-10-22(11-13-23)20-33-17-15-32(2)16-18-33;;;/h10-13,19,21,24H,3-9,14-18,20H2,1-2H3,(H,29,30,31);1H2;2*1H. The third-order valence-corrected chi connectivity index (χ3v) is 7.62. The monoisotopic (exact) mass is 482 g/mol. The molecule has 1 saturated heterocycles. The molecule has 3 aromatic rings. The van der Waals surface area contributed by atoms with E-state index in [1.165, 1.54) is 60.6 Å². The number of anilines is 1. The number of fused-ring (bicyclic) bond motifs is 1. The van der Waals surface area contributed by atoms with Crippen LogP contribution in [0, 0.1) is 0 Å². The van der Waals surface area contributed by atoms with Gasteiger partial charge in [0, 0.05) is 71.5 Å². The molecule has 0 unspecified atom stereocenters. The second kappa shape index (κ2) is 12.0. The van der Waals surface area contributed by atoms with E-state index in [4.69, 9.17) is 4.98 Å². The second-order valence-electron chi connectivity index (χ2n) is 10.2. The number of aromatic nitrogens is 3. The van der Waals surface area contributed by atoms with Crippen molar-refractivity contribution in [3.8, 4) is 11.1 Å². The molecule has 7 heteroatoms. The molecule has 0 amide bonds. The van der Waals surface area contributed by atoms with Gasteiger partial charge >= 0.3 is 0 Å². The second-order valence-corrected chi connectivity index (χ2v) is 10.2. The van der Waals surface area contributed by atoms with E-state index in [0.29, 0.717) is 6.04 Å². The van der Waals surface area contributed by atoms with Crippen LogP contribution in [0.25, 0.3) is 22.2 Å². The minimum atomic E-state index is 0. The number of benzene rings is 1. The van der Waals surface area contributed by atoms with Crippen molar-refractivity contribution < 1.29 is 8.33 Å². The molecule has 2 aromatic heterocycles. The van der Waals surface area contributed by atoms with Crippen molar-refractivity contribution in [3.63, 3.8) is 0 Å². The van der Waals surface area contributed by atoms with Gasteiger partial charge in [0.25, 0.3) is 0 Å². The number of hydrogen-bond donors (Lipinski definition) is 1. The molecule has 2 aliphatic rings. The molecule has 3 heterocycles. The number of likely N-dealkylation sites (N-methyl/N-ethyl adjacent to an activating group) is 1. The van der Waals surface area contributed by atoms with E-state index >= 15 is 0 Å². The van der Waals surface area contributed by atoms with E-state index in [-0.39, 0.29) is 8.33 Å². The maximum atomic E-state index is 5.00. The minimum absolute atomic E-state index is 0. The highest BCUT2D eigenvalue weighted by atomic mass is 16.0. The highest BCUT2D eigenvalue weighted by Gasteiger charge is 2.21. The van der Waals surface area contributed by atoms with Gasteiger partial charge in [0.05, 0.1) is 0 Å². The van der Waals surface area contributed by atoms with Crippen molar-refractivity contribution in [2.75, 3.05) is 45.1 Å². The molecule has 1 aromatic carbocycles. The van der Waals surface area contributed by atoms with Gasteiger partial charge in [0.15, 0.2) is 0 Å². The van der Waals surface area contributed by atoms with Crippen LogP contribution in [0.4, 0.5) is 5.95 Å². The number of hydrogen-bond acceptors (Lipinski definition) is 5. The lowest BCUT2D eigenvalue weighted by molar-refractivity contribution is 0.148. The van der Waals surface area contributed by atoms with Crippen molar-refractivity contribution in [1.29, 1.82) is 0 Å². The van der Waals surface area contributed by atoms with Crippen LogP contribution in [0.3, 0.4) is 0 Å². The van der Waals surface area contributed by atoms with Crippen molar-refractivity contribution in [2.45, 2.75) is 64.5 Å². The zero-order chi connectivity index (χ0) is 23.3. The average Bonchev–Trinajstić information content (AvgIpc) is 3.25. The summed E-state index contributed by atoms with van der Waals surface area (Å²) >= 11 is 0. The van der Waals surface area contributed by atoms with Crippen LogP contribution < -0.4 is 5.32 Å². The van der Waals surface area contributed by atoms with Gasteiger partial charge in [-0.2, -0.15) is 4.98 Å². The van der Waals surface area contributed by atoms with E-state index in [9.17, 15) is 0 Å². The predicted octanol–water partition coefficient (Wildman–Crippen LogP) is 5.23. The zero-order valence-electron chi connectivity index (χ0n) is 21.5. The van der Waals surface area contributed by atoms with Crippen molar-refractivity contribution in [1.82, 2.24) is 24.3 Å². The SMILES string of the molecule is CCCCNc1ncc2c(-c3ccc(CN4CCN(C)CC4)cc3)cn(C3CCCCC3)c2n1.O.[HH].[HH]. The summed E-state index contributed by atoms with van der Waals surface area (Å²) in [6.07, 6.45) is 13.2. The van der Waals surface area contributed by atoms with Crippen LogP contribution in [-0.4, -0.2) is 69.6 Å². The molecule has 7 nitrogen and oxygen atoms in total. The van der Waals surface area contributed by atoms with Gasteiger partial charge in [0.2, 0.25) is 5.95 Å². The maximum absolute atomic E-state index is 5.00. The van der Waals surface area contributed by atoms with Gasteiger partial charge in [-0.3, -0.25) is 4.90 Å². The molecule has 1 aliphatic carbocycles. The Labute approximate surface area is 212 Å². The van der Waals surface area contributed by atoms with Crippen molar-refractivity contribution in [2.24, 2.45) is 0 Å². The Morgan fingerprint density at radius 1 is 1.03 bits per heavy atom. The predicted molar refractivity (Wildman–Crippen MR) is 149 cm³/mol. The molecule has 0 atom stereocenters. The third kappa shape index (κ3) is 6.02. The lowest BCUT2D eigenvalue weighted by Gasteiger charge is -2.32. The Morgan fingerprint density at radius 2 is 1.77 bits per heavy atom. The number of unbranched alkanes of at least 4 members (excludes halogenated alkanes) is 1. The molecular formula is C28H46N6O. The summed E-state index contributed by atoms with van der Waals surface area (Å²) in [5.41, 5.74) is 4.99. The van der Waals surface area contributed by atoms with Crippen LogP contribution in [0.15, 0.2) is 36.7 Å². The highest BCUT2D eigenvalue weighted by molar-refractivity contribution is 5.94. The minimum Gasteiger partial charge on any atom is -0.412 e. The van der Waals surface area contributed by atoms with Gasteiger partial charge in [-0.1, -0.05) is 56.9 Å². The Hall–Kier alpha value is -2.48. The van der Waals surface area contributed by atoms with E-state index in [1.54, 1.807) is 0 Å². The molecule has 35 heavy (non-hydrogen) atoms. The van der Waals surface area contributed by atoms with Crippen LogP contribution >= 0.6 is 0 Å². The van der Waals surface area contributed by atoms with Gasteiger partial charge < -0.3 is 20.3 Å². The lowest BCUT2D eigenvalue weighted by Crippen LogP contribution is -2.43. The topological polar surface area (TPSA) is 80.7 Å². The number of nitrogens with one attached hydrogen (secondary N) is 1. The third-order valence-electron chi connectivity index (χ3n) is 7.62. The summed E-state index contributed by atoms with van der Waals surface area (Å²) in [6.45, 7) is 8.80. The van der Waals surface area contributed by atoms with Crippen LogP contribution in [0.1, 0.15) is 66.3 Å². The zero-order valence-corrected chi connectivity index (χ0v) is 21.5. The first-order chi connectivity index (χ1) is 16.7. The first-order valence-corrected chi connectivity index (χ1v) is 13.3. The summed E-state index contributed by atoms with van der Waals surface area (Å²) < 4.78 is 2.45. The normalized spacial score (nSPS) is 18.0. The highest BCUT2D eigenvalue weighted by Crippen LogP contribution is 2.36. The molecule has 3 N–H and O–H groups in total. The summed E-state index contributed by atoms with van der Waals surface area (Å²) in [4.78, 5) is 14.6. The fourth-order valence-electron chi connectivity index (χ4n) is 5.41. The summed E-state index contributed by atoms with van der Waals surface area (Å²) in [6, 6.07) is 9.73. The molecule has 2 fully saturated rings. The summed E-state index contributed by atoms with van der Waals surface area (Å²) in [5.74, 6) is 0.755. The average molecular weight is 483 g/mol.